The van der Waals surface area contributed by atoms with Gasteiger partial charge in [0.15, 0.2) is 0 Å². The second-order valence-electron chi connectivity index (χ2n) is 3.48. The molecule has 1 rings (SSSR count). The largest absolute Gasteiger partial charge is 0.463 e. The summed E-state index contributed by atoms with van der Waals surface area (Å²) < 4.78 is 10.4. The van der Waals surface area contributed by atoms with Crippen LogP contribution in [0.1, 0.15) is 27.2 Å². The van der Waals surface area contributed by atoms with Crippen molar-refractivity contribution in [3.05, 3.63) is 0 Å². The summed E-state index contributed by atoms with van der Waals surface area (Å²) in [5, 5.41) is 0. The molecule has 1 aliphatic heterocycles. The Balaban J connectivity index is 2.23. The highest BCUT2D eigenvalue weighted by molar-refractivity contribution is 5.65. The molecule has 0 aromatic rings. The Kier molecular flexibility index (Phi) is 3.09. The van der Waals surface area contributed by atoms with Crippen LogP contribution in [-0.4, -0.2) is 24.8 Å². The Morgan fingerprint density at radius 3 is 2.67 bits per heavy atom. The van der Waals surface area contributed by atoms with Crippen molar-refractivity contribution in [1.82, 2.24) is 0 Å². The van der Waals surface area contributed by atoms with Crippen LogP contribution < -0.4 is 0 Å². The summed E-state index contributed by atoms with van der Waals surface area (Å²) in [5.74, 6) is 0.344. The molecule has 1 heterocycles. The van der Waals surface area contributed by atoms with Gasteiger partial charge in [0, 0.05) is 6.92 Å². The Hall–Kier alpha value is -0.570. The van der Waals surface area contributed by atoms with E-state index in [1.807, 2.05) is 0 Å². The Bertz CT molecular complexity index is 157. The maximum Gasteiger partial charge on any atom is 0.302 e. The molecule has 0 aliphatic carbocycles. The average molecular weight is 172 g/mol. The van der Waals surface area contributed by atoms with E-state index in [1.54, 1.807) is 0 Å². The number of hydrogen-bond acceptors (Lipinski definition) is 3. The van der Waals surface area contributed by atoms with Crippen LogP contribution in [0.25, 0.3) is 0 Å². The van der Waals surface area contributed by atoms with Crippen molar-refractivity contribution in [2.75, 3.05) is 6.61 Å². The van der Waals surface area contributed by atoms with E-state index >= 15 is 0 Å². The van der Waals surface area contributed by atoms with E-state index < -0.39 is 0 Å². The fraction of sp³-hybridized carbons (Fsp3) is 0.889. The predicted molar refractivity (Wildman–Crippen MR) is 44.7 cm³/mol. The van der Waals surface area contributed by atoms with E-state index in [4.69, 9.17) is 9.47 Å². The lowest BCUT2D eigenvalue weighted by Crippen LogP contribution is -2.17. The molecular weight excluding hydrogens is 156 g/mol. The van der Waals surface area contributed by atoms with Crippen molar-refractivity contribution < 1.29 is 14.3 Å². The minimum absolute atomic E-state index is 0.110. The first-order valence-corrected chi connectivity index (χ1v) is 4.38. The molecule has 0 spiro atoms. The Morgan fingerprint density at radius 1 is 1.58 bits per heavy atom. The lowest BCUT2D eigenvalue weighted by atomic mass is 10.0. The summed E-state index contributed by atoms with van der Waals surface area (Å²) in [6.07, 6.45) is 1.40. The van der Waals surface area contributed by atoms with Gasteiger partial charge in [0.1, 0.15) is 6.61 Å². The first-order chi connectivity index (χ1) is 5.59. The first kappa shape index (κ1) is 9.52. The van der Waals surface area contributed by atoms with Crippen LogP contribution in [-0.2, 0) is 14.3 Å². The topological polar surface area (TPSA) is 35.5 Å². The van der Waals surface area contributed by atoms with Crippen molar-refractivity contribution in [2.24, 2.45) is 5.92 Å². The molecule has 3 atom stereocenters. The second kappa shape index (κ2) is 3.90. The maximum atomic E-state index is 10.5. The lowest BCUT2D eigenvalue weighted by Gasteiger charge is -2.10. The van der Waals surface area contributed by atoms with E-state index in [1.165, 1.54) is 6.92 Å². The summed E-state index contributed by atoms with van der Waals surface area (Å²) in [6, 6.07) is 0. The fourth-order valence-electron chi connectivity index (χ4n) is 1.42. The highest BCUT2D eigenvalue weighted by Gasteiger charge is 2.29. The Morgan fingerprint density at radius 2 is 2.25 bits per heavy atom. The zero-order valence-electron chi connectivity index (χ0n) is 7.87. The zero-order chi connectivity index (χ0) is 9.14. The van der Waals surface area contributed by atoms with E-state index in [0.29, 0.717) is 18.6 Å². The number of esters is 1. The Labute approximate surface area is 73.0 Å². The summed E-state index contributed by atoms with van der Waals surface area (Å²) in [4.78, 5) is 10.5. The molecule has 0 unspecified atom stereocenters. The molecule has 3 heteroatoms. The number of carbonyl (C=O) groups excluding carboxylic acids is 1. The van der Waals surface area contributed by atoms with Crippen LogP contribution in [0.4, 0.5) is 0 Å². The third-order valence-corrected chi connectivity index (χ3v) is 2.32. The zero-order valence-corrected chi connectivity index (χ0v) is 7.87. The van der Waals surface area contributed by atoms with Crippen LogP contribution in [0.5, 0.6) is 0 Å². The van der Waals surface area contributed by atoms with Gasteiger partial charge in [-0.25, -0.2) is 0 Å². The smallest absolute Gasteiger partial charge is 0.302 e. The van der Waals surface area contributed by atoms with Crippen LogP contribution in [0.15, 0.2) is 0 Å². The van der Waals surface area contributed by atoms with Gasteiger partial charge in [-0.1, -0.05) is 6.92 Å². The third-order valence-electron chi connectivity index (χ3n) is 2.32. The molecule has 0 amide bonds. The quantitative estimate of drug-likeness (QED) is 0.590. The minimum Gasteiger partial charge on any atom is -0.463 e. The molecule has 0 aromatic heterocycles. The van der Waals surface area contributed by atoms with Gasteiger partial charge in [0.2, 0.25) is 0 Å². The van der Waals surface area contributed by atoms with Gasteiger partial charge >= 0.3 is 5.97 Å². The van der Waals surface area contributed by atoms with Crippen molar-refractivity contribution in [3.8, 4) is 0 Å². The van der Waals surface area contributed by atoms with Gasteiger partial charge < -0.3 is 9.47 Å². The molecule has 12 heavy (non-hydrogen) atoms. The van der Waals surface area contributed by atoms with Crippen molar-refractivity contribution in [2.45, 2.75) is 39.4 Å². The van der Waals surface area contributed by atoms with Crippen LogP contribution in [0, 0.1) is 5.92 Å². The van der Waals surface area contributed by atoms with Gasteiger partial charge in [-0.2, -0.15) is 0 Å². The van der Waals surface area contributed by atoms with Gasteiger partial charge in [-0.15, -0.1) is 0 Å². The SMILES string of the molecule is CC(=O)OC[C@@H]1C[C@@H](C)[C@H](C)O1. The summed E-state index contributed by atoms with van der Waals surface area (Å²) >= 11 is 0. The first-order valence-electron chi connectivity index (χ1n) is 4.38. The molecule has 0 radical (unpaired) electrons. The number of ether oxygens (including phenoxy) is 2. The fourth-order valence-corrected chi connectivity index (χ4v) is 1.42. The highest BCUT2D eigenvalue weighted by Crippen LogP contribution is 2.25. The van der Waals surface area contributed by atoms with Crippen molar-refractivity contribution in [3.63, 3.8) is 0 Å². The van der Waals surface area contributed by atoms with Crippen LogP contribution in [0.2, 0.25) is 0 Å². The van der Waals surface area contributed by atoms with E-state index in [0.717, 1.165) is 6.42 Å². The standard InChI is InChI=1S/C9H16O3/c1-6-4-9(12-7(6)2)5-11-8(3)10/h6-7,9H,4-5H2,1-3H3/t6-,7+,9+/m1/s1. The summed E-state index contributed by atoms with van der Waals surface area (Å²) in [5.41, 5.74) is 0. The summed E-state index contributed by atoms with van der Waals surface area (Å²) in [6.45, 7) is 6.03. The monoisotopic (exact) mass is 172 g/mol. The number of hydrogen-bond donors (Lipinski definition) is 0. The average Bonchev–Trinajstić information content (AvgIpc) is 2.28. The molecule has 70 valence electrons. The predicted octanol–water partition coefficient (Wildman–Crippen LogP) is 1.36. The van der Waals surface area contributed by atoms with Crippen molar-refractivity contribution in [1.29, 1.82) is 0 Å². The molecule has 0 aromatic carbocycles. The molecule has 3 nitrogen and oxygen atoms in total. The molecule has 1 aliphatic rings. The van der Waals surface area contributed by atoms with Gasteiger partial charge in [-0.05, 0) is 19.3 Å². The van der Waals surface area contributed by atoms with E-state index in [9.17, 15) is 4.79 Å². The van der Waals surface area contributed by atoms with E-state index in [2.05, 4.69) is 13.8 Å². The minimum atomic E-state index is -0.231. The van der Waals surface area contributed by atoms with E-state index in [-0.39, 0.29) is 12.1 Å². The number of carbonyl (C=O) groups is 1. The van der Waals surface area contributed by atoms with Crippen LogP contribution in [0.3, 0.4) is 0 Å². The van der Waals surface area contributed by atoms with Gasteiger partial charge in [0.25, 0.3) is 0 Å². The van der Waals surface area contributed by atoms with Crippen LogP contribution >= 0.6 is 0 Å². The molecule has 1 saturated heterocycles. The lowest BCUT2D eigenvalue weighted by molar-refractivity contribution is -0.144. The molecule has 0 saturated carbocycles. The third kappa shape index (κ3) is 2.48. The summed E-state index contributed by atoms with van der Waals surface area (Å²) in [7, 11) is 0. The van der Waals surface area contributed by atoms with Gasteiger partial charge in [-0.3, -0.25) is 4.79 Å². The number of rotatable bonds is 2. The highest BCUT2D eigenvalue weighted by atomic mass is 16.6. The van der Waals surface area contributed by atoms with Crippen molar-refractivity contribution >= 4 is 5.97 Å². The molecule has 0 N–H and O–H groups in total. The molecule has 0 bridgehead atoms. The van der Waals surface area contributed by atoms with Gasteiger partial charge in [0.05, 0.1) is 12.2 Å². The normalized spacial score (nSPS) is 35.1. The second-order valence-corrected chi connectivity index (χ2v) is 3.48. The molecule has 1 fully saturated rings. The molecular formula is C9H16O3. The maximum absolute atomic E-state index is 10.5.